The van der Waals surface area contributed by atoms with E-state index in [0.29, 0.717) is 5.92 Å². The van der Waals surface area contributed by atoms with Gasteiger partial charge in [0, 0.05) is 12.4 Å². The van der Waals surface area contributed by atoms with Crippen molar-refractivity contribution in [3.63, 3.8) is 0 Å². The first-order valence-electron chi connectivity index (χ1n) is 5.09. The first kappa shape index (κ1) is 11.2. The summed E-state index contributed by atoms with van der Waals surface area (Å²) in [5.41, 5.74) is 1.71. The minimum absolute atomic E-state index is 0.0332. The molecule has 0 spiro atoms. The molecule has 0 aromatic carbocycles. The van der Waals surface area contributed by atoms with E-state index in [1.807, 2.05) is 0 Å². The summed E-state index contributed by atoms with van der Waals surface area (Å²) in [4.78, 5) is 13.6. The van der Waals surface area contributed by atoms with E-state index in [1.165, 1.54) is 11.3 Å². The molecule has 2 rings (SSSR count). The summed E-state index contributed by atoms with van der Waals surface area (Å²) in [6, 6.07) is 0. The summed E-state index contributed by atoms with van der Waals surface area (Å²) in [6.45, 7) is 4.16. The molecule has 0 fully saturated rings. The van der Waals surface area contributed by atoms with Crippen LogP contribution in [-0.4, -0.2) is 20.1 Å². The molecule has 0 saturated heterocycles. The van der Waals surface area contributed by atoms with Crippen LogP contribution in [0.15, 0.2) is 18.6 Å². The van der Waals surface area contributed by atoms with Crippen LogP contribution in [0.4, 0.5) is 0 Å². The molecule has 2 aromatic heterocycles. The van der Waals surface area contributed by atoms with Crippen molar-refractivity contribution in [1.29, 1.82) is 0 Å². The lowest BCUT2D eigenvalue weighted by Gasteiger charge is -2.01. The first-order chi connectivity index (χ1) is 7.72. The first-order valence-corrected chi connectivity index (χ1v) is 5.91. The standard InChI is InChI=1S/C11H13N3OS/c1-7(2)10-9(6-15)16-11(14-10)8-5-12-3-4-13-8/h3-5,7,15H,6H2,1-2H3. The van der Waals surface area contributed by atoms with Gasteiger partial charge in [0.15, 0.2) is 0 Å². The van der Waals surface area contributed by atoms with E-state index in [2.05, 4.69) is 28.8 Å². The maximum atomic E-state index is 9.26. The van der Waals surface area contributed by atoms with Crippen molar-refractivity contribution >= 4 is 11.3 Å². The molecule has 16 heavy (non-hydrogen) atoms. The van der Waals surface area contributed by atoms with E-state index in [1.54, 1.807) is 18.6 Å². The van der Waals surface area contributed by atoms with E-state index in [-0.39, 0.29) is 6.61 Å². The number of aliphatic hydroxyl groups is 1. The quantitative estimate of drug-likeness (QED) is 0.886. The fourth-order valence-corrected chi connectivity index (χ4v) is 2.48. The third-order valence-electron chi connectivity index (χ3n) is 2.20. The summed E-state index contributed by atoms with van der Waals surface area (Å²) in [7, 11) is 0. The summed E-state index contributed by atoms with van der Waals surface area (Å²) in [5.74, 6) is 0.309. The average Bonchev–Trinajstić information content (AvgIpc) is 2.74. The van der Waals surface area contributed by atoms with Crippen molar-refractivity contribution in [2.24, 2.45) is 0 Å². The largest absolute Gasteiger partial charge is 0.391 e. The van der Waals surface area contributed by atoms with Crippen LogP contribution in [0.25, 0.3) is 10.7 Å². The van der Waals surface area contributed by atoms with Gasteiger partial charge in [0.05, 0.1) is 23.4 Å². The van der Waals surface area contributed by atoms with Gasteiger partial charge in [-0.3, -0.25) is 9.97 Å². The molecule has 1 N–H and O–H groups in total. The SMILES string of the molecule is CC(C)c1nc(-c2cnccn2)sc1CO. The van der Waals surface area contributed by atoms with Gasteiger partial charge in [-0.15, -0.1) is 11.3 Å². The van der Waals surface area contributed by atoms with Crippen LogP contribution >= 0.6 is 11.3 Å². The highest BCUT2D eigenvalue weighted by molar-refractivity contribution is 7.15. The molecular formula is C11H13N3OS. The van der Waals surface area contributed by atoms with Crippen LogP contribution in [0.5, 0.6) is 0 Å². The van der Waals surface area contributed by atoms with Gasteiger partial charge in [-0.05, 0) is 5.92 Å². The van der Waals surface area contributed by atoms with Crippen molar-refractivity contribution in [1.82, 2.24) is 15.0 Å². The summed E-state index contributed by atoms with van der Waals surface area (Å²) < 4.78 is 0. The smallest absolute Gasteiger partial charge is 0.144 e. The Kier molecular flexibility index (Phi) is 3.26. The molecule has 0 saturated carbocycles. The highest BCUT2D eigenvalue weighted by Crippen LogP contribution is 2.30. The Morgan fingerprint density at radius 1 is 1.38 bits per heavy atom. The van der Waals surface area contributed by atoms with Gasteiger partial charge in [-0.25, -0.2) is 4.98 Å². The fraction of sp³-hybridized carbons (Fsp3) is 0.364. The Morgan fingerprint density at radius 3 is 2.69 bits per heavy atom. The number of nitrogens with zero attached hydrogens (tertiary/aromatic N) is 3. The third kappa shape index (κ3) is 2.10. The zero-order valence-corrected chi connectivity index (χ0v) is 10.0. The van der Waals surface area contributed by atoms with E-state index in [0.717, 1.165) is 21.3 Å². The van der Waals surface area contributed by atoms with Crippen LogP contribution in [0, 0.1) is 0 Å². The molecule has 0 atom stereocenters. The molecule has 84 valence electrons. The van der Waals surface area contributed by atoms with Crippen LogP contribution < -0.4 is 0 Å². The predicted octanol–water partition coefficient (Wildman–Crippen LogP) is 2.22. The van der Waals surface area contributed by atoms with Gasteiger partial charge in [-0.2, -0.15) is 0 Å². The molecule has 0 bridgehead atoms. The lowest BCUT2D eigenvalue weighted by atomic mass is 10.1. The molecular weight excluding hydrogens is 222 g/mol. The number of rotatable bonds is 3. The molecule has 0 amide bonds. The lowest BCUT2D eigenvalue weighted by molar-refractivity contribution is 0.283. The van der Waals surface area contributed by atoms with Gasteiger partial charge in [0.25, 0.3) is 0 Å². The van der Waals surface area contributed by atoms with E-state index in [9.17, 15) is 5.11 Å². The maximum absolute atomic E-state index is 9.26. The Hall–Kier alpha value is -1.33. The average molecular weight is 235 g/mol. The summed E-state index contributed by atoms with van der Waals surface area (Å²) in [6.07, 6.45) is 4.96. The number of hydrogen-bond acceptors (Lipinski definition) is 5. The molecule has 4 nitrogen and oxygen atoms in total. The van der Waals surface area contributed by atoms with Gasteiger partial charge in [0.2, 0.25) is 0 Å². The summed E-state index contributed by atoms with van der Waals surface area (Å²) in [5, 5.41) is 10.1. The van der Waals surface area contributed by atoms with Crippen LogP contribution in [0.1, 0.15) is 30.3 Å². The molecule has 5 heteroatoms. The number of hydrogen-bond donors (Lipinski definition) is 1. The van der Waals surface area contributed by atoms with Crippen LogP contribution in [-0.2, 0) is 6.61 Å². The Morgan fingerprint density at radius 2 is 2.19 bits per heavy atom. The van der Waals surface area contributed by atoms with Crippen molar-refractivity contribution < 1.29 is 5.11 Å². The summed E-state index contributed by atoms with van der Waals surface area (Å²) >= 11 is 1.48. The Labute approximate surface area is 98.0 Å². The molecule has 0 unspecified atom stereocenters. The van der Waals surface area contributed by atoms with Gasteiger partial charge in [-0.1, -0.05) is 13.8 Å². The molecule has 0 aliphatic rings. The fourth-order valence-electron chi connectivity index (χ4n) is 1.45. The minimum Gasteiger partial charge on any atom is -0.391 e. The van der Waals surface area contributed by atoms with Crippen molar-refractivity contribution in [3.8, 4) is 10.7 Å². The Bertz CT molecular complexity index is 467. The van der Waals surface area contributed by atoms with Crippen LogP contribution in [0.2, 0.25) is 0 Å². The van der Waals surface area contributed by atoms with Gasteiger partial charge < -0.3 is 5.11 Å². The normalized spacial score (nSPS) is 11.0. The second-order valence-electron chi connectivity index (χ2n) is 3.73. The van der Waals surface area contributed by atoms with Crippen molar-refractivity contribution in [2.75, 3.05) is 0 Å². The van der Waals surface area contributed by atoms with Crippen LogP contribution in [0.3, 0.4) is 0 Å². The highest BCUT2D eigenvalue weighted by atomic mass is 32.1. The Balaban J connectivity index is 2.44. The number of aromatic nitrogens is 3. The second kappa shape index (κ2) is 4.67. The molecule has 0 aliphatic carbocycles. The number of thiazole rings is 1. The van der Waals surface area contributed by atoms with E-state index in [4.69, 9.17) is 0 Å². The van der Waals surface area contributed by atoms with Gasteiger partial charge in [0.1, 0.15) is 10.7 Å². The second-order valence-corrected chi connectivity index (χ2v) is 4.81. The minimum atomic E-state index is 0.0332. The van der Waals surface area contributed by atoms with E-state index >= 15 is 0 Å². The molecule has 0 aliphatic heterocycles. The van der Waals surface area contributed by atoms with Crippen molar-refractivity contribution in [3.05, 3.63) is 29.2 Å². The lowest BCUT2D eigenvalue weighted by Crippen LogP contribution is -1.93. The molecule has 2 heterocycles. The van der Waals surface area contributed by atoms with E-state index < -0.39 is 0 Å². The third-order valence-corrected chi connectivity index (χ3v) is 3.28. The molecule has 2 aromatic rings. The van der Waals surface area contributed by atoms with Crippen molar-refractivity contribution in [2.45, 2.75) is 26.4 Å². The number of aliphatic hydroxyl groups excluding tert-OH is 1. The zero-order valence-electron chi connectivity index (χ0n) is 9.21. The predicted molar refractivity (Wildman–Crippen MR) is 63.2 cm³/mol. The highest BCUT2D eigenvalue weighted by Gasteiger charge is 2.15. The van der Waals surface area contributed by atoms with Gasteiger partial charge >= 0.3 is 0 Å². The molecule has 0 radical (unpaired) electrons. The maximum Gasteiger partial charge on any atom is 0.144 e. The zero-order chi connectivity index (χ0) is 11.5. The monoisotopic (exact) mass is 235 g/mol. The topological polar surface area (TPSA) is 58.9 Å².